The summed E-state index contributed by atoms with van der Waals surface area (Å²) in [5, 5.41) is 9.28. The lowest BCUT2D eigenvalue weighted by Crippen LogP contribution is -2.39. The molecule has 2 aromatic rings. The van der Waals surface area contributed by atoms with Gasteiger partial charge >= 0.3 is 5.97 Å². The quantitative estimate of drug-likeness (QED) is 0.671. The molecular weight excluding hydrogens is 355 g/mol. The fraction of sp³-hybridized carbons (Fsp3) is 0.444. The number of benzene rings is 1. The second-order valence-electron chi connectivity index (χ2n) is 7.56. The first kappa shape index (κ1) is 16.4. The zero-order valence-corrected chi connectivity index (χ0v) is 14.4. The van der Waals surface area contributed by atoms with Gasteiger partial charge in [-0.1, -0.05) is 0 Å². The van der Waals surface area contributed by atoms with E-state index in [1.54, 1.807) is 4.57 Å². The summed E-state index contributed by atoms with van der Waals surface area (Å²) < 4.78 is 22.9. The van der Waals surface area contributed by atoms with Crippen molar-refractivity contribution in [3.05, 3.63) is 27.8 Å². The predicted molar refractivity (Wildman–Crippen MR) is 97.0 cm³/mol. The first-order valence-electron chi connectivity index (χ1n) is 8.96. The van der Waals surface area contributed by atoms with Crippen molar-refractivity contribution < 1.29 is 19.0 Å². The number of fused-ring (bicyclic) bond motifs is 5. The Labute approximate surface area is 153 Å². The molecule has 2 aliphatic heterocycles. The number of ether oxygens (including phenoxy) is 1. The van der Waals surface area contributed by atoms with Crippen LogP contribution in [0.2, 0.25) is 0 Å². The van der Waals surface area contributed by atoms with Crippen LogP contribution in [0.3, 0.4) is 0 Å². The smallest absolute Gasteiger partial charge is 0.341 e. The zero-order valence-electron chi connectivity index (χ0n) is 14.4. The van der Waals surface area contributed by atoms with Gasteiger partial charge in [-0.2, -0.15) is 0 Å². The van der Waals surface area contributed by atoms with Gasteiger partial charge in [-0.3, -0.25) is 4.79 Å². The standard InChI is InChI=1S/C18H19FN4O4/c19-12-13(21)11-14(17-15(12)22-4-7(20)3-9(22)6-27-17)23(8-1-2-8)5-10(16(11)24)18(25)26/h5,7-9H,1-4,6,20-21H2,(H,25,26). The molecule has 0 amide bonds. The number of aromatic carboxylic acids is 1. The topological polar surface area (TPSA) is 124 Å². The average Bonchev–Trinajstić information content (AvgIpc) is 3.38. The van der Waals surface area contributed by atoms with E-state index in [1.807, 2.05) is 4.90 Å². The van der Waals surface area contributed by atoms with Crippen LogP contribution in [0.4, 0.5) is 15.8 Å². The largest absolute Gasteiger partial charge is 0.487 e. The molecule has 5 rings (SSSR count). The van der Waals surface area contributed by atoms with Crippen molar-refractivity contribution in [2.45, 2.75) is 37.4 Å². The second-order valence-corrected chi connectivity index (χ2v) is 7.56. The van der Waals surface area contributed by atoms with Gasteiger partial charge in [0.1, 0.15) is 17.9 Å². The van der Waals surface area contributed by atoms with E-state index >= 15 is 4.39 Å². The molecule has 3 aliphatic rings. The average molecular weight is 374 g/mol. The van der Waals surface area contributed by atoms with Gasteiger partial charge in [-0.15, -0.1) is 0 Å². The lowest BCUT2D eigenvalue weighted by Gasteiger charge is -2.35. The number of halogens is 1. The van der Waals surface area contributed by atoms with Gasteiger partial charge in [0.25, 0.3) is 0 Å². The number of hydrogen-bond acceptors (Lipinski definition) is 6. The van der Waals surface area contributed by atoms with Gasteiger partial charge in [0, 0.05) is 24.8 Å². The number of nitrogens with two attached hydrogens (primary N) is 2. The second kappa shape index (κ2) is 5.35. The van der Waals surface area contributed by atoms with Crippen LogP contribution in [0.5, 0.6) is 5.75 Å². The summed E-state index contributed by atoms with van der Waals surface area (Å²) in [4.78, 5) is 26.2. The number of nitrogen functional groups attached to an aromatic ring is 1. The SMILES string of the molecule is Nc1c(F)c2c(c3c1c(=O)c(C(=O)O)cn3C1CC1)OCC1CC(N)CN21. The lowest BCUT2D eigenvalue weighted by molar-refractivity contribution is 0.0695. The Morgan fingerprint density at radius 3 is 2.74 bits per heavy atom. The number of aromatic nitrogens is 1. The molecule has 2 atom stereocenters. The van der Waals surface area contributed by atoms with Crippen molar-refractivity contribution in [3.8, 4) is 5.75 Å². The number of pyridine rings is 1. The maximum absolute atomic E-state index is 15.3. The first-order chi connectivity index (χ1) is 12.9. The van der Waals surface area contributed by atoms with E-state index in [9.17, 15) is 14.7 Å². The van der Waals surface area contributed by atoms with Gasteiger partial charge in [0.15, 0.2) is 11.6 Å². The summed E-state index contributed by atoms with van der Waals surface area (Å²) in [6, 6.07) is -0.0959. The van der Waals surface area contributed by atoms with Crippen LogP contribution in [0.1, 0.15) is 35.7 Å². The van der Waals surface area contributed by atoms with E-state index in [0.717, 1.165) is 12.8 Å². The van der Waals surface area contributed by atoms with Gasteiger partial charge in [0.05, 0.1) is 22.6 Å². The van der Waals surface area contributed by atoms with E-state index in [-0.39, 0.29) is 40.6 Å². The number of nitrogens with zero attached hydrogens (tertiary/aromatic N) is 2. The lowest BCUT2D eigenvalue weighted by atomic mass is 10.0. The monoisotopic (exact) mass is 374 g/mol. The predicted octanol–water partition coefficient (Wildman–Crippen LogP) is 1.05. The van der Waals surface area contributed by atoms with Crippen molar-refractivity contribution in [1.82, 2.24) is 4.57 Å². The van der Waals surface area contributed by atoms with Crippen LogP contribution >= 0.6 is 0 Å². The van der Waals surface area contributed by atoms with Crippen LogP contribution in [-0.2, 0) is 0 Å². The summed E-state index contributed by atoms with van der Waals surface area (Å²) in [5.41, 5.74) is 11.1. The molecule has 1 aliphatic carbocycles. The molecule has 0 spiro atoms. The Morgan fingerprint density at radius 2 is 2.07 bits per heavy atom. The number of hydrogen-bond donors (Lipinski definition) is 3. The highest BCUT2D eigenvalue weighted by Crippen LogP contribution is 2.49. The fourth-order valence-electron chi connectivity index (χ4n) is 4.31. The minimum absolute atomic E-state index is 0.0433. The molecule has 2 fully saturated rings. The normalized spacial score (nSPS) is 23.9. The van der Waals surface area contributed by atoms with Crippen LogP contribution < -0.4 is 26.5 Å². The highest BCUT2D eigenvalue weighted by Gasteiger charge is 2.41. The molecule has 0 bridgehead atoms. The Bertz CT molecular complexity index is 1060. The van der Waals surface area contributed by atoms with Gasteiger partial charge in [-0.25, -0.2) is 9.18 Å². The first-order valence-corrected chi connectivity index (χ1v) is 8.96. The molecule has 2 unspecified atom stereocenters. The summed E-state index contributed by atoms with van der Waals surface area (Å²) in [6.45, 7) is 0.808. The molecule has 8 nitrogen and oxygen atoms in total. The number of carbonyl (C=O) groups is 1. The molecular formula is C18H19FN4O4. The molecule has 3 heterocycles. The van der Waals surface area contributed by atoms with Gasteiger partial charge in [0.2, 0.25) is 5.43 Å². The minimum atomic E-state index is -1.36. The maximum atomic E-state index is 15.3. The maximum Gasteiger partial charge on any atom is 0.341 e. The Kier molecular flexibility index (Phi) is 3.24. The van der Waals surface area contributed by atoms with E-state index in [0.29, 0.717) is 25.1 Å². The molecule has 1 saturated carbocycles. The Balaban J connectivity index is 1.90. The van der Waals surface area contributed by atoms with Crippen molar-refractivity contribution in [3.63, 3.8) is 0 Å². The third-order valence-electron chi connectivity index (χ3n) is 5.70. The summed E-state index contributed by atoms with van der Waals surface area (Å²) in [7, 11) is 0. The van der Waals surface area contributed by atoms with E-state index in [1.165, 1.54) is 6.20 Å². The molecule has 0 radical (unpaired) electrons. The zero-order chi connectivity index (χ0) is 19.0. The fourth-order valence-corrected chi connectivity index (χ4v) is 4.31. The Hall–Kier alpha value is -2.81. The third kappa shape index (κ3) is 2.18. The molecule has 1 saturated heterocycles. The van der Waals surface area contributed by atoms with E-state index in [4.69, 9.17) is 16.2 Å². The number of anilines is 2. The van der Waals surface area contributed by atoms with E-state index < -0.39 is 22.8 Å². The van der Waals surface area contributed by atoms with E-state index in [2.05, 4.69) is 0 Å². The molecule has 142 valence electrons. The molecule has 27 heavy (non-hydrogen) atoms. The minimum Gasteiger partial charge on any atom is -0.487 e. The van der Waals surface area contributed by atoms with Crippen LogP contribution in [0.25, 0.3) is 10.9 Å². The molecule has 1 aromatic heterocycles. The van der Waals surface area contributed by atoms with Gasteiger partial charge in [-0.05, 0) is 19.3 Å². The highest BCUT2D eigenvalue weighted by molar-refractivity contribution is 6.03. The number of rotatable bonds is 2. The molecule has 1 aromatic carbocycles. The van der Waals surface area contributed by atoms with Crippen LogP contribution in [-0.4, -0.2) is 40.9 Å². The van der Waals surface area contributed by atoms with Gasteiger partial charge < -0.3 is 30.8 Å². The highest BCUT2D eigenvalue weighted by atomic mass is 19.1. The van der Waals surface area contributed by atoms with Crippen LogP contribution in [0.15, 0.2) is 11.0 Å². The molecule has 5 N–H and O–H groups in total. The summed E-state index contributed by atoms with van der Waals surface area (Å²) in [5.74, 6) is -1.86. The van der Waals surface area contributed by atoms with Crippen molar-refractivity contribution in [2.75, 3.05) is 23.8 Å². The Morgan fingerprint density at radius 1 is 1.33 bits per heavy atom. The van der Waals surface area contributed by atoms with Crippen molar-refractivity contribution in [1.29, 1.82) is 0 Å². The third-order valence-corrected chi connectivity index (χ3v) is 5.70. The van der Waals surface area contributed by atoms with Crippen molar-refractivity contribution >= 4 is 28.2 Å². The molecule has 9 heteroatoms. The number of carboxylic acid groups (broad SMARTS) is 1. The number of carboxylic acids is 1. The van der Waals surface area contributed by atoms with Crippen molar-refractivity contribution in [2.24, 2.45) is 5.73 Å². The summed E-state index contributed by atoms with van der Waals surface area (Å²) in [6.07, 6.45) is 3.71. The summed E-state index contributed by atoms with van der Waals surface area (Å²) >= 11 is 0. The van der Waals surface area contributed by atoms with Crippen LogP contribution in [0, 0.1) is 5.82 Å².